The SMILES string of the molecule is CCC(=O)NC(C)[Si](OC)(OC)OC. The van der Waals surface area contributed by atoms with Crippen molar-refractivity contribution in [2.45, 2.75) is 25.9 Å². The molecule has 0 rings (SSSR count). The summed E-state index contributed by atoms with van der Waals surface area (Å²) < 4.78 is 15.7. The van der Waals surface area contributed by atoms with Crippen LogP contribution in [0.25, 0.3) is 0 Å². The van der Waals surface area contributed by atoms with Crippen LogP contribution in [0.2, 0.25) is 0 Å². The lowest BCUT2D eigenvalue weighted by Crippen LogP contribution is -2.60. The van der Waals surface area contributed by atoms with E-state index in [1.165, 1.54) is 21.3 Å². The first-order chi connectivity index (χ1) is 6.56. The van der Waals surface area contributed by atoms with Crippen LogP contribution in [0.15, 0.2) is 0 Å². The molecule has 5 nitrogen and oxygen atoms in total. The van der Waals surface area contributed by atoms with Crippen LogP contribution in [0.4, 0.5) is 0 Å². The topological polar surface area (TPSA) is 56.8 Å². The van der Waals surface area contributed by atoms with E-state index in [4.69, 9.17) is 13.3 Å². The van der Waals surface area contributed by atoms with Gasteiger partial charge in [-0.3, -0.25) is 4.79 Å². The number of carbonyl (C=O) groups excluding carboxylic acids is 1. The molecule has 84 valence electrons. The van der Waals surface area contributed by atoms with E-state index in [1.54, 1.807) is 6.92 Å². The zero-order chi connectivity index (χ0) is 11.2. The Hall–Kier alpha value is -0.433. The fourth-order valence-corrected chi connectivity index (χ4v) is 3.11. The summed E-state index contributed by atoms with van der Waals surface area (Å²) in [6, 6.07) is 0. The lowest BCUT2D eigenvalue weighted by Gasteiger charge is -2.30. The second-order valence-corrected chi connectivity index (χ2v) is 6.16. The minimum absolute atomic E-state index is 0.0412. The summed E-state index contributed by atoms with van der Waals surface area (Å²) in [5, 5.41) is 2.77. The Balaban J connectivity index is 4.43. The number of rotatable bonds is 6. The number of carbonyl (C=O) groups is 1. The lowest BCUT2D eigenvalue weighted by atomic mass is 10.4. The van der Waals surface area contributed by atoms with Crippen LogP contribution < -0.4 is 5.32 Å². The zero-order valence-electron chi connectivity index (χ0n) is 9.42. The van der Waals surface area contributed by atoms with Gasteiger partial charge in [0.05, 0.1) is 5.67 Å². The van der Waals surface area contributed by atoms with E-state index < -0.39 is 8.80 Å². The number of hydrogen-bond donors (Lipinski definition) is 1. The highest BCUT2D eigenvalue weighted by atomic mass is 28.4. The molecule has 0 bridgehead atoms. The molecule has 1 atom stereocenters. The maximum Gasteiger partial charge on any atom is 0.523 e. The van der Waals surface area contributed by atoms with Gasteiger partial charge < -0.3 is 18.6 Å². The van der Waals surface area contributed by atoms with Crippen molar-refractivity contribution in [3.8, 4) is 0 Å². The predicted molar refractivity (Wildman–Crippen MR) is 54.7 cm³/mol. The molecule has 0 aromatic rings. The van der Waals surface area contributed by atoms with Crippen LogP contribution in [0.5, 0.6) is 0 Å². The van der Waals surface area contributed by atoms with E-state index in [0.717, 1.165) is 0 Å². The molecular weight excluding hydrogens is 202 g/mol. The summed E-state index contributed by atoms with van der Waals surface area (Å²) in [5.41, 5.74) is -0.241. The highest BCUT2D eigenvalue weighted by molar-refractivity contribution is 6.62. The summed E-state index contributed by atoms with van der Waals surface area (Å²) >= 11 is 0. The van der Waals surface area contributed by atoms with Gasteiger partial charge >= 0.3 is 8.80 Å². The van der Waals surface area contributed by atoms with E-state index in [9.17, 15) is 4.79 Å². The Morgan fingerprint density at radius 3 is 2.00 bits per heavy atom. The minimum atomic E-state index is -2.73. The van der Waals surface area contributed by atoms with Crippen LogP contribution in [0, 0.1) is 0 Å². The molecule has 0 aliphatic carbocycles. The highest BCUT2D eigenvalue weighted by Gasteiger charge is 2.45. The van der Waals surface area contributed by atoms with E-state index in [0.29, 0.717) is 6.42 Å². The second kappa shape index (κ2) is 6.13. The maximum absolute atomic E-state index is 11.2. The normalized spacial score (nSPS) is 13.8. The van der Waals surface area contributed by atoms with Crippen LogP contribution >= 0.6 is 0 Å². The van der Waals surface area contributed by atoms with E-state index in [2.05, 4.69) is 5.32 Å². The van der Waals surface area contributed by atoms with Crippen molar-refractivity contribution in [2.24, 2.45) is 0 Å². The van der Waals surface area contributed by atoms with Gasteiger partial charge in [-0.05, 0) is 6.92 Å². The summed E-state index contributed by atoms with van der Waals surface area (Å²) in [4.78, 5) is 11.2. The molecule has 0 fully saturated rings. The fourth-order valence-electron chi connectivity index (χ4n) is 1.21. The van der Waals surface area contributed by atoms with Crippen molar-refractivity contribution in [3.63, 3.8) is 0 Å². The largest absolute Gasteiger partial charge is 0.523 e. The lowest BCUT2D eigenvalue weighted by molar-refractivity contribution is -0.121. The van der Waals surface area contributed by atoms with Crippen LogP contribution in [0.1, 0.15) is 20.3 Å². The molecule has 0 aliphatic rings. The highest BCUT2D eigenvalue weighted by Crippen LogP contribution is 2.11. The number of amides is 1. The Bertz CT molecular complexity index is 176. The van der Waals surface area contributed by atoms with Gasteiger partial charge in [0.2, 0.25) is 5.91 Å². The summed E-state index contributed by atoms with van der Waals surface area (Å²) in [6.45, 7) is 3.61. The standard InChI is InChI=1S/C8H19NO4Si/c1-6-8(10)9-7(2)14(11-3,12-4)13-5/h7H,6H2,1-5H3,(H,9,10). The number of nitrogens with one attached hydrogen (secondary N) is 1. The minimum Gasteiger partial charge on any atom is -0.376 e. The summed E-state index contributed by atoms with van der Waals surface area (Å²) in [7, 11) is 1.83. The molecule has 1 unspecified atom stereocenters. The number of hydrogen-bond acceptors (Lipinski definition) is 4. The molecule has 0 saturated carbocycles. The predicted octanol–water partition coefficient (Wildman–Crippen LogP) is 0.318. The van der Waals surface area contributed by atoms with Crippen molar-refractivity contribution in [1.29, 1.82) is 0 Å². The van der Waals surface area contributed by atoms with Crippen molar-refractivity contribution >= 4 is 14.7 Å². The van der Waals surface area contributed by atoms with E-state index in [-0.39, 0.29) is 11.6 Å². The molecule has 0 spiro atoms. The Morgan fingerprint density at radius 2 is 1.71 bits per heavy atom. The second-order valence-electron chi connectivity index (χ2n) is 2.86. The van der Waals surface area contributed by atoms with E-state index in [1.807, 2.05) is 6.92 Å². The molecule has 1 N–H and O–H groups in total. The quantitative estimate of drug-likeness (QED) is 0.656. The first-order valence-electron chi connectivity index (χ1n) is 4.51. The Morgan fingerprint density at radius 1 is 1.29 bits per heavy atom. The van der Waals surface area contributed by atoms with Crippen molar-refractivity contribution in [2.75, 3.05) is 21.3 Å². The Kier molecular flexibility index (Phi) is 5.94. The average Bonchev–Trinajstić information content (AvgIpc) is 2.21. The maximum atomic E-state index is 11.2. The van der Waals surface area contributed by atoms with Gasteiger partial charge in [0.1, 0.15) is 0 Å². The smallest absolute Gasteiger partial charge is 0.376 e. The van der Waals surface area contributed by atoms with Gasteiger partial charge in [-0.1, -0.05) is 6.92 Å². The molecule has 14 heavy (non-hydrogen) atoms. The molecule has 0 heterocycles. The van der Waals surface area contributed by atoms with Gasteiger partial charge in [0.15, 0.2) is 0 Å². The third-order valence-electron chi connectivity index (χ3n) is 2.08. The molecule has 0 aromatic heterocycles. The van der Waals surface area contributed by atoms with Gasteiger partial charge in [-0.15, -0.1) is 0 Å². The molecule has 6 heteroatoms. The first kappa shape index (κ1) is 13.6. The fraction of sp³-hybridized carbons (Fsp3) is 0.875. The van der Waals surface area contributed by atoms with Crippen molar-refractivity contribution in [3.05, 3.63) is 0 Å². The molecule has 0 radical (unpaired) electrons. The summed E-state index contributed by atoms with van der Waals surface area (Å²) in [6.07, 6.45) is 0.436. The van der Waals surface area contributed by atoms with Gasteiger partial charge in [-0.2, -0.15) is 0 Å². The van der Waals surface area contributed by atoms with E-state index >= 15 is 0 Å². The van der Waals surface area contributed by atoms with Crippen LogP contribution in [0.3, 0.4) is 0 Å². The van der Waals surface area contributed by atoms with Crippen LogP contribution in [-0.4, -0.2) is 41.7 Å². The third-order valence-corrected chi connectivity index (χ3v) is 4.99. The molecule has 0 saturated heterocycles. The molecule has 0 aromatic carbocycles. The Labute approximate surface area is 86.1 Å². The summed E-state index contributed by atoms with van der Waals surface area (Å²) in [5.74, 6) is -0.0412. The zero-order valence-corrected chi connectivity index (χ0v) is 10.4. The monoisotopic (exact) mass is 221 g/mol. The third kappa shape index (κ3) is 3.05. The first-order valence-corrected chi connectivity index (χ1v) is 6.31. The average molecular weight is 221 g/mol. The van der Waals surface area contributed by atoms with Gasteiger partial charge in [0, 0.05) is 27.8 Å². The van der Waals surface area contributed by atoms with Crippen LogP contribution in [-0.2, 0) is 18.1 Å². The molecule has 1 amide bonds. The van der Waals surface area contributed by atoms with Crippen molar-refractivity contribution < 1.29 is 18.1 Å². The molecule has 0 aliphatic heterocycles. The van der Waals surface area contributed by atoms with Gasteiger partial charge in [0.25, 0.3) is 0 Å². The molecular formula is C8H19NO4Si. The van der Waals surface area contributed by atoms with Gasteiger partial charge in [-0.25, -0.2) is 0 Å². The van der Waals surface area contributed by atoms with Crippen molar-refractivity contribution in [1.82, 2.24) is 5.32 Å².